The third-order valence-electron chi connectivity index (χ3n) is 4.06. The van der Waals surface area contributed by atoms with E-state index in [1.165, 1.54) is 34.6 Å². The van der Waals surface area contributed by atoms with Crippen molar-refractivity contribution in [3.05, 3.63) is 51.3 Å². The lowest BCUT2D eigenvalue weighted by atomic mass is 9.93. The molecule has 1 aliphatic carbocycles. The van der Waals surface area contributed by atoms with Crippen molar-refractivity contribution < 1.29 is 0 Å². The van der Waals surface area contributed by atoms with Crippen LogP contribution >= 0.6 is 15.9 Å². The molecule has 2 aromatic rings. The Morgan fingerprint density at radius 3 is 2.79 bits per heavy atom. The average Bonchev–Trinajstić information content (AvgIpc) is 2.71. The zero-order valence-corrected chi connectivity index (χ0v) is 13.0. The molecule has 1 unspecified atom stereocenters. The maximum Gasteiger partial charge on any atom is 0.0466 e. The molecule has 0 amide bonds. The van der Waals surface area contributed by atoms with Gasteiger partial charge in [-0.1, -0.05) is 22.0 Å². The van der Waals surface area contributed by atoms with Crippen molar-refractivity contribution in [2.45, 2.75) is 39.2 Å². The third kappa shape index (κ3) is 2.15. The van der Waals surface area contributed by atoms with Crippen LogP contribution in [0.1, 0.15) is 41.4 Å². The molecular formula is C16H19BrN2. The number of halogens is 1. The molecule has 1 aliphatic rings. The van der Waals surface area contributed by atoms with E-state index in [0.717, 1.165) is 17.3 Å². The second-order valence-corrected chi connectivity index (χ2v) is 6.31. The van der Waals surface area contributed by atoms with Gasteiger partial charge in [-0.25, -0.2) is 0 Å². The number of benzene rings is 1. The number of nitrogens with two attached hydrogens (primary N) is 1. The fraction of sp³-hybridized carbons (Fsp3) is 0.375. The number of nitrogens with zero attached hydrogens (tertiary/aromatic N) is 1. The highest BCUT2D eigenvalue weighted by atomic mass is 79.9. The number of fused-ring (bicyclic) bond motifs is 1. The van der Waals surface area contributed by atoms with Gasteiger partial charge in [0.05, 0.1) is 0 Å². The molecule has 0 aliphatic heterocycles. The molecule has 0 saturated carbocycles. The standard InChI is InChI=1S/C16H19BrN2/c1-10-6-7-12(9-14(10)17)19-11(2)8-13-15(18)4-3-5-16(13)19/h6-9,15H,3-5,18H2,1-2H3. The molecule has 19 heavy (non-hydrogen) atoms. The highest BCUT2D eigenvalue weighted by Crippen LogP contribution is 2.33. The monoisotopic (exact) mass is 318 g/mol. The van der Waals surface area contributed by atoms with E-state index in [9.17, 15) is 0 Å². The van der Waals surface area contributed by atoms with E-state index in [2.05, 4.69) is 58.6 Å². The minimum atomic E-state index is 0.206. The van der Waals surface area contributed by atoms with Gasteiger partial charge in [0.15, 0.2) is 0 Å². The predicted molar refractivity (Wildman–Crippen MR) is 82.8 cm³/mol. The van der Waals surface area contributed by atoms with Crippen LogP contribution in [0.15, 0.2) is 28.7 Å². The van der Waals surface area contributed by atoms with Crippen molar-refractivity contribution >= 4 is 15.9 Å². The molecule has 100 valence electrons. The normalized spacial score (nSPS) is 18.4. The molecule has 1 heterocycles. The van der Waals surface area contributed by atoms with Gasteiger partial charge in [0.25, 0.3) is 0 Å². The number of aryl methyl sites for hydroxylation is 2. The van der Waals surface area contributed by atoms with Gasteiger partial charge in [-0.05, 0) is 62.4 Å². The smallest absolute Gasteiger partial charge is 0.0466 e. The van der Waals surface area contributed by atoms with Gasteiger partial charge >= 0.3 is 0 Å². The number of rotatable bonds is 1. The second-order valence-electron chi connectivity index (χ2n) is 5.46. The van der Waals surface area contributed by atoms with E-state index < -0.39 is 0 Å². The maximum absolute atomic E-state index is 6.24. The molecule has 2 nitrogen and oxygen atoms in total. The van der Waals surface area contributed by atoms with E-state index in [0.29, 0.717) is 0 Å². The molecule has 0 saturated heterocycles. The Kier molecular flexibility index (Phi) is 3.27. The molecular weight excluding hydrogens is 300 g/mol. The van der Waals surface area contributed by atoms with Crippen LogP contribution in [0.25, 0.3) is 5.69 Å². The summed E-state index contributed by atoms with van der Waals surface area (Å²) in [4.78, 5) is 0. The lowest BCUT2D eigenvalue weighted by molar-refractivity contribution is 0.560. The molecule has 0 spiro atoms. The molecule has 3 rings (SSSR count). The van der Waals surface area contributed by atoms with Gasteiger partial charge in [0.2, 0.25) is 0 Å². The van der Waals surface area contributed by atoms with Crippen LogP contribution in [-0.2, 0) is 6.42 Å². The minimum absolute atomic E-state index is 0.206. The SMILES string of the molecule is Cc1ccc(-n2c(C)cc3c2CCCC3N)cc1Br. The maximum atomic E-state index is 6.24. The first kappa shape index (κ1) is 12.9. The topological polar surface area (TPSA) is 30.9 Å². The minimum Gasteiger partial charge on any atom is -0.324 e. The van der Waals surface area contributed by atoms with Crippen molar-refractivity contribution in [2.24, 2.45) is 5.73 Å². The summed E-state index contributed by atoms with van der Waals surface area (Å²) in [6, 6.07) is 9.01. The number of aromatic nitrogens is 1. The first-order valence-electron chi connectivity index (χ1n) is 6.81. The summed E-state index contributed by atoms with van der Waals surface area (Å²) in [7, 11) is 0. The van der Waals surface area contributed by atoms with Crippen molar-refractivity contribution in [3.8, 4) is 5.69 Å². The average molecular weight is 319 g/mol. The summed E-state index contributed by atoms with van der Waals surface area (Å²) in [5.41, 5.74) is 12.7. The van der Waals surface area contributed by atoms with Crippen LogP contribution in [0, 0.1) is 13.8 Å². The van der Waals surface area contributed by atoms with Gasteiger partial charge in [-0.2, -0.15) is 0 Å². The largest absolute Gasteiger partial charge is 0.324 e. The molecule has 0 bridgehead atoms. The summed E-state index contributed by atoms with van der Waals surface area (Å²) in [6.45, 7) is 4.28. The van der Waals surface area contributed by atoms with E-state index in [1.54, 1.807) is 0 Å². The Morgan fingerprint density at radius 1 is 1.26 bits per heavy atom. The van der Waals surface area contributed by atoms with Crippen LogP contribution in [-0.4, -0.2) is 4.57 Å². The van der Waals surface area contributed by atoms with E-state index in [-0.39, 0.29) is 6.04 Å². The predicted octanol–water partition coefficient (Wildman–Crippen LogP) is 4.19. The van der Waals surface area contributed by atoms with Crippen LogP contribution in [0.5, 0.6) is 0 Å². The van der Waals surface area contributed by atoms with Crippen LogP contribution < -0.4 is 5.73 Å². The van der Waals surface area contributed by atoms with Crippen molar-refractivity contribution in [2.75, 3.05) is 0 Å². The number of hydrogen-bond donors (Lipinski definition) is 1. The Hall–Kier alpha value is -1.06. The Bertz CT molecular complexity index is 628. The Balaban J connectivity index is 2.17. The first-order valence-corrected chi connectivity index (χ1v) is 7.60. The van der Waals surface area contributed by atoms with Crippen LogP contribution in [0.2, 0.25) is 0 Å². The lowest BCUT2D eigenvalue weighted by Crippen LogP contribution is -2.17. The van der Waals surface area contributed by atoms with Crippen molar-refractivity contribution in [1.29, 1.82) is 0 Å². The van der Waals surface area contributed by atoms with Gasteiger partial charge in [-0.15, -0.1) is 0 Å². The summed E-state index contributed by atoms with van der Waals surface area (Å²) in [5.74, 6) is 0. The second kappa shape index (κ2) is 4.80. The summed E-state index contributed by atoms with van der Waals surface area (Å²) >= 11 is 3.63. The molecule has 2 N–H and O–H groups in total. The fourth-order valence-electron chi connectivity index (χ4n) is 3.02. The van der Waals surface area contributed by atoms with Gasteiger partial charge < -0.3 is 10.3 Å². The lowest BCUT2D eigenvalue weighted by Gasteiger charge is -2.21. The Morgan fingerprint density at radius 2 is 2.05 bits per heavy atom. The molecule has 1 aromatic carbocycles. The number of hydrogen-bond acceptors (Lipinski definition) is 1. The van der Waals surface area contributed by atoms with Gasteiger partial charge in [0.1, 0.15) is 0 Å². The molecule has 1 aromatic heterocycles. The fourth-order valence-corrected chi connectivity index (χ4v) is 3.38. The van der Waals surface area contributed by atoms with Crippen molar-refractivity contribution in [3.63, 3.8) is 0 Å². The zero-order valence-electron chi connectivity index (χ0n) is 11.4. The highest BCUT2D eigenvalue weighted by Gasteiger charge is 2.22. The van der Waals surface area contributed by atoms with Gasteiger partial charge in [-0.3, -0.25) is 0 Å². The first-order chi connectivity index (χ1) is 9.08. The molecule has 0 radical (unpaired) electrons. The molecule has 1 atom stereocenters. The van der Waals surface area contributed by atoms with E-state index >= 15 is 0 Å². The van der Waals surface area contributed by atoms with E-state index in [1.807, 2.05) is 0 Å². The van der Waals surface area contributed by atoms with E-state index in [4.69, 9.17) is 5.73 Å². The van der Waals surface area contributed by atoms with Crippen LogP contribution in [0.3, 0.4) is 0 Å². The Labute approximate surface area is 122 Å². The van der Waals surface area contributed by atoms with Gasteiger partial charge in [0, 0.05) is 27.6 Å². The van der Waals surface area contributed by atoms with Crippen LogP contribution in [0.4, 0.5) is 0 Å². The van der Waals surface area contributed by atoms with Crippen molar-refractivity contribution in [1.82, 2.24) is 4.57 Å². The molecule has 3 heteroatoms. The summed E-state index contributed by atoms with van der Waals surface area (Å²) < 4.78 is 3.52. The quantitative estimate of drug-likeness (QED) is 0.839. The zero-order chi connectivity index (χ0) is 13.6. The highest BCUT2D eigenvalue weighted by molar-refractivity contribution is 9.10. The third-order valence-corrected chi connectivity index (χ3v) is 4.92. The summed E-state index contributed by atoms with van der Waals surface area (Å²) in [5, 5.41) is 0. The summed E-state index contributed by atoms with van der Waals surface area (Å²) in [6.07, 6.45) is 3.42. The molecule has 0 fully saturated rings.